The third kappa shape index (κ3) is 3.44. The Morgan fingerprint density at radius 2 is 2.05 bits per heavy atom. The second kappa shape index (κ2) is 6.58. The summed E-state index contributed by atoms with van der Waals surface area (Å²) in [5.74, 6) is 0.0883. The van der Waals surface area contributed by atoms with E-state index in [9.17, 15) is 13.2 Å². The summed E-state index contributed by atoms with van der Waals surface area (Å²) >= 11 is 0. The summed E-state index contributed by atoms with van der Waals surface area (Å²) in [6.45, 7) is 4.37. The molecular weight excluding hydrogens is 288 g/mol. The zero-order valence-electron chi connectivity index (χ0n) is 12.5. The molecule has 1 atom stereocenters. The molecule has 1 unspecified atom stereocenters. The van der Waals surface area contributed by atoms with E-state index in [1.54, 1.807) is 32.0 Å². The largest absolute Gasteiger partial charge is 0.360 e. The maximum atomic E-state index is 12.3. The number of hydrogen-bond acceptors (Lipinski definition) is 4. The number of ketones is 1. The van der Waals surface area contributed by atoms with Crippen LogP contribution in [0, 0.1) is 0 Å². The van der Waals surface area contributed by atoms with Gasteiger partial charge >= 0.3 is 0 Å². The summed E-state index contributed by atoms with van der Waals surface area (Å²) in [5.41, 5.74) is 0.623. The Morgan fingerprint density at radius 3 is 2.71 bits per heavy atom. The number of nitrogens with zero attached hydrogens (tertiary/aromatic N) is 1. The highest BCUT2D eigenvalue weighted by Gasteiger charge is 2.30. The first-order chi connectivity index (χ1) is 9.97. The number of carbonyl (C=O) groups excluding carboxylic acids is 1. The summed E-state index contributed by atoms with van der Waals surface area (Å²) in [6.07, 6.45) is 2.76. The van der Waals surface area contributed by atoms with Gasteiger partial charge in [-0.05, 0) is 38.3 Å². The minimum absolute atomic E-state index is 0.0883. The van der Waals surface area contributed by atoms with Gasteiger partial charge in [-0.1, -0.05) is 19.1 Å². The summed E-state index contributed by atoms with van der Waals surface area (Å²) < 4.78 is 27.2. The number of carbonyl (C=O) groups is 1. The molecular formula is C15H22N2O3S. The van der Waals surface area contributed by atoms with Crippen LogP contribution in [0.15, 0.2) is 29.2 Å². The number of rotatable bonds is 5. The van der Waals surface area contributed by atoms with Crippen molar-refractivity contribution in [2.45, 2.75) is 44.0 Å². The van der Waals surface area contributed by atoms with Crippen molar-refractivity contribution in [1.82, 2.24) is 4.72 Å². The zero-order chi connectivity index (χ0) is 15.5. The van der Waals surface area contributed by atoms with Crippen LogP contribution >= 0.6 is 0 Å². The summed E-state index contributed by atoms with van der Waals surface area (Å²) in [6, 6.07) is 6.67. The number of anilines is 1. The Bertz CT molecular complexity index is 613. The average molecular weight is 310 g/mol. The molecule has 21 heavy (non-hydrogen) atoms. The van der Waals surface area contributed by atoms with Crippen molar-refractivity contribution >= 4 is 21.5 Å². The van der Waals surface area contributed by atoms with Gasteiger partial charge in [-0.15, -0.1) is 0 Å². The summed E-state index contributed by atoms with van der Waals surface area (Å²) in [7, 11) is -3.54. The molecule has 0 saturated carbocycles. The van der Waals surface area contributed by atoms with E-state index in [4.69, 9.17) is 0 Å². The Hall–Kier alpha value is -1.40. The fourth-order valence-corrected chi connectivity index (χ4v) is 4.09. The molecule has 116 valence electrons. The average Bonchev–Trinajstić information content (AvgIpc) is 2.47. The Kier molecular flexibility index (Phi) is 5.00. The standard InChI is InChI=1S/C15H22N2O3S/c1-3-16-21(19,20)15-10-5-4-9-14(15)17-11-7-6-8-13(17)12(2)18/h4-5,9-10,13,16H,3,6-8,11H2,1-2H3. The Labute approximate surface area is 126 Å². The minimum Gasteiger partial charge on any atom is -0.360 e. The fraction of sp³-hybridized carbons (Fsp3) is 0.533. The van der Waals surface area contributed by atoms with Crippen molar-refractivity contribution < 1.29 is 13.2 Å². The van der Waals surface area contributed by atoms with Crippen LogP contribution in [0.2, 0.25) is 0 Å². The van der Waals surface area contributed by atoms with Crippen LogP contribution in [-0.2, 0) is 14.8 Å². The number of sulfonamides is 1. The van der Waals surface area contributed by atoms with Gasteiger partial charge in [0.1, 0.15) is 4.90 Å². The predicted octanol–water partition coefficient (Wildman–Crippen LogP) is 1.93. The van der Waals surface area contributed by atoms with Crippen LogP contribution in [0.25, 0.3) is 0 Å². The molecule has 0 aromatic heterocycles. The molecule has 1 aromatic rings. The molecule has 1 saturated heterocycles. The maximum Gasteiger partial charge on any atom is 0.242 e. The molecule has 0 amide bonds. The van der Waals surface area contributed by atoms with Crippen LogP contribution in [0.4, 0.5) is 5.69 Å². The molecule has 1 N–H and O–H groups in total. The number of piperidine rings is 1. The first kappa shape index (κ1) is 16.0. The quantitative estimate of drug-likeness (QED) is 0.902. The summed E-state index contributed by atoms with van der Waals surface area (Å²) in [5, 5.41) is 0. The van der Waals surface area contributed by atoms with Crippen molar-refractivity contribution in [3.63, 3.8) is 0 Å². The normalized spacial score (nSPS) is 19.5. The highest BCUT2D eigenvalue weighted by atomic mass is 32.2. The molecule has 0 radical (unpaired) electrons. The number of benzene rings is 1. The van der Waals surface area contributed by atoms with Gasteiger partial charge in [0.05, 0.1) is 11.7 Å². The van der Waals surface area contributed by atoms with Crippen molar-refractivity contribution in [3.8, 4) is 0 Å². The van der Waals surface area contributed by atoms with Gasteiger partial charge in [-0.3, -0.25) is 4.79 Å². The molecule has 1 aliphatic rings. The highest BCUT2D eigenvalue weighted by molar-refractivity contribution is 7.89. The van der Waals surface area contributed by atoms with Gasteiger partial charge in [0, 0.05) is 13.1 Å². The number of hydrogen-bond donors (Lipinski definition) is 1. The highest BCUT2D eigenvalue weighted by Crippen LogP contribution is 2.30. The molecule has 5 nitrogen and oxygen atoms in total. The second-order valence-corrected chi connectivity index (χ2v) is 7.02. The predicted molar refractivity (Wildman–Crippen MR) is 83.0 cm³/mol. The van der Waals surface area contributed by atoms with Crippen LogP contribution in [0.1, 0.15) is 33.1 Å². The van der Waals surface area contributed by atoms with Crippen LogP contribution < -0.4 is 9.62 Å². The number of para-hydroxylation sites is 1. The van der Waals surface area contributed by atoms with E-state index in [0.29, 0.717) is 18.8 Å². The molecule has 6 heteroatoms. The van der Waals surface area contributed by atoms with E-state index >= 15 is 0 Å². The lowest BCUT2D eigenvalue weighted by Gasteiger charge is -2.37. The lowest BCUT2D eigenvalue weighted by Crippen LogP contribution is -2.44. The van der Waals surface area contributed by atoms with Crippen molar-refractivity contribution in [2.75, 3.05) is 18.0 Å². The first-order valence-corrected chi connectivity index (χ1v) is 8.81. The van der Waals surface area contributed by atoms with Crippen LogP contribution in [0.3, 0.4) is 0 Å². The number of Topliss-reactive ketones (excluding diaryl/α,β-unsaturated/α-hetero) is 1. The van der Waals surface area contributed by atoms with E-state index < -0.39 is 10.0 Å². The number of nitrogens with one attached hydrogen (secondary N) is 1. The monoisotopic (exact) mass is 310 g/mol. The second-order valence-electron chi connectivity index (χ2n) is 5.28. The van der Waals surface area contributed by atoms with E-state index in [2.05, 4.69) is 4.72 Å². The van der Waals surface area contributed by atoms with Gasteiger partial charge in [0.25, 0.3) is 0 Å². The molecule has 2 rings (SSSR count). The molecule has 0 spiro atoms. The lowest BCUT2D eigenvalue weighted by atomic mass is 9.98. The third-order valence-corrected chi connectivity index (χ3v) is 5.36. The van der Waals surface area contributed by atoms with E-state index in [1.807, 2.05) is 11.0 Å². The van der Waals surface area contributed by atoms with Gasteiger partial charge < -0.3 is 4.90 Å². The fourth-order valence-electron chi connectivity index (χ4n) is 2.83. The van der Waals surface area contributed by atoms with E-state index in [0.717, 1.165) is 19.3 Å². The van der Waals surface area contributed by atoms with Gasteiger partial charge in [-0.2, -0.15) is 0 Å². The molecule has 1 heterocycles. The van der Waals surface area contributed by atoms with Crippen molar-refractivity contribution in [2.24, 2.45) is 0 Å². The van der Waals surface area contributed by atoms with Crippen LogP contribution in [-0.4, -0.2) is 33.3 Å². The van der Waals surface area contributed by atoms with Gasteiger partial charge in [-0.25, -0.2) is 13.1 Å². The molecule has 0 aliphatic carbocycles. The van der Waals surface area contributed by atoms with E-state index in [1.165, 1.54) is 0 Å². The molecule has 0 bridgehead atoms. The topological polar surface area (TPSA) is 66.5 Å². The van der Waals surface area contributed by atoms with Gasteiger partial charge in [0.2, 0.25) is 10.0 Å². The lowest BCUT2D eigenvalue weighted by molar-refractivity contribution is -0.118. The van der Waals surface area contributed by atoms with Crippen LogP contribution in [0.5, 0.6) is 0 Å². The first-order valence-electron chi connectivity index (χ1n) is 7.33. The smallest absolute Gasteiger partial charge is 0.242 e. The van der Waals surface area contributed by atoms with E-state index in [-0.39, 0.29) is 16.7 Å². The Balaban J connectivity index is 2.46. The molecule has 1 aliphatic heterocycles. The molecule has 1 fully saturated rings. The van der Waals surface area contributed by atoms with Gasteiger partial charge in [0.15, 0.2) is 5.78 Å². The van der Waals surface area contributed by atoms with Crippen molar-refractivity contribution in [1.29, 1.82) is 0 Å². The summed E-state index contributed by atoms with van der Waals surface area (Å²) in [4.78, 5) is 14.1. The Morgan fingerprint density at radius 1 is 1.33 bits per heavy atom. The molecule has 1 aromatic carbocycles. The minimum atomic E-state index is -3.54. The third-order valence-electron chi connectivity index (χ3n) is 3.77. The van der Waals surface area contributed by atoms with Crippen molar-refractivity contribution in [3.05, 3.63) is 24.3 Å². The SMILES string of the molecule is CCNS(=O)(=O)c1ccccc1N1CCCCC1C(C)=O. The maximum absolute atomic E-state index is 12.3. The zero-order valence-corrected chi connectivity index (χ0v) is 13.3.